The van der Waals surface area contributed by atoms with E-state index in [0.717, 1.165) is 17.6 Å². The van der Waals surface area contributed by atoms with Crippen LogP contribution >= 0.6 is 11.6 Å². The number of carbonyl (C=O) groups is 2. The number of amides is 2. The summed E-state index contributed by atoms with van der Waals surface area (Å²) < 4.78 is 29.5. The highest BCUT2D eigenvalue weighted by atomic mass is 35.5. The van der Waals surface area contributed by atoms with Crippen LogP contribution in [0.3, 0.4) is 0 Å². The first-order chi connectivity index (χ1) is 16.6. The molecule has 1 heterocycles. The number of carboxylic acids is 1. The summed E-state index contributed by atoms with van der Waals surface area (Å²) >= 11 is 6.66. The van der Waals surface area contributed by atoms with Crippen LogP contribution < -0.4 is 5.32 Å². The molecule has 0 bridgehead atoms. The maximum Gasteiger partial charge on any atom is 0.331 e. The summed E-state index contributed by atoms with van der Waals surface area (Å²) in [6, 6.07) is 4.94. The zero-order valence-electron chi connectivity index (χ0n) is 21.5. The van der Waals surface area contributed by atoms with Crippen LogP contribution in [0.15, 0.2) is 42.1 Å². The van der Waals surface area contributed by atoms with Crippen LogP contribution in [0.5, 0.6) is 0 Å². The summed E-state index contributed by atoms with van der Waals surface area (Å²) in [7, 11) is 0. The van der Waals surface area contributed by atoms with Gasteiger partial charge in [0.25, 0.3) is 5.92 Å². The third kappa shape index (κ3) is 4.33. The Hall–Kier alpha value is -2.41. The molecule has 2 saturated carbocycles. The molecule has 1 aromatic carbocycles. The predicted molar refractivity (Wildman–Crippen MR) is 136 cm³/mol. The summed E-state index contributed by atoms with van der Waals surface area (Å²) in [6.45, 7) is 13.5. The van der Waals surface area contributed by atoms with Crippen LogP contribution in [0, 0.1) is 23.2 Å². The van der Waals surface area contributed by atoms with E-state index in [0.29, 0.717) is 22.9 Å². The molecule has 2 fully saturated rings. The van der Waals surface area contributed by atoms with E-state index in [-0.39, 0.29) is 30.5 Å². The second kappa shape index (κ2) is 8.86. The highest BCUT2D eigenvalue weighted by molar-refractivity contribution is 6.31. The van der Waals surface area contributed by atoms with E-state index in [9.17, 15) is 18.4 Å². The second-order valence-corrected chi connectivity index (χ2v) is 12.2. The van der Waals surface area contributed by atoms with Gasteiger partial charge in [-0.3, -0.25) is 0 Å². The van der Waals surface area contributed by atoms with Gasteiger partial charge in [0.05, 0.1) is 11.5 Å². The fourth-order valence-electron chi connectivity index (χ4n) is 6.12. The lowest BCUT2D eigenvalue weighted by Gasteiger charge is -2.50. The molecule has 0 radical (unpaired) electrons. The number of carboxylic acid groups (broad SMARTS) is 1. The average Bonchev–Trinajstić information content (AvgIpc) is 3.37. The number of halogens is 3. The molecule has 0 spiro atoms. The lowest BCUT2D eigenvalue weighted by Crippen LogP contribution is -2.58. The van der Waals surface area contributed by atoms with Crippen molar-refractivity contribution in [1.29, 1.82) is 0 Å². The molecule has 3 unspecified atom stereocenters. The van der Waals surface area contributed by atoms with Gasteiger partial charge in [0.2, 0.25) is 0 Å². The number of carbonyl (C=O) groups excluding carboxylic acids is 1. The van der Waals surface area contributed by atoms with E-state index < -0.39 is 34.7 Å². The smallest absolute Gasteiger partial charge is 0.331 e. The van der Waals surface area contributed by atoms with Crippen LogP contribution in [0.2, 0.25) is 5.02 Å². The molecule has 2 aliphatic carbocycles. The predicted octanol–water partition coefficient (Wildman–Crippen LogP) is 6.94. The monoisotopic (exact) mass is 520 g/mol. The third-order valence-electron chi connectivity index (χ3n) is 8.46. The number of hydrogen-bond donors (Lipinski definition) is 2. The quantitative estimate of drug-likeness (QED) is 0.399. The van der Waals surface area contributed by atoms with E-state index in [1.54, 1.807) is 12.1 Å². The Morgan fingerprint density at radius 1 is 1.31 bits per heavy atom. The molecule has 36 heavy (non-hydrogen) atoms. The minimum atomic E-state index is -2.80. The number of benzene rings is 1. The van der Waals surface area contributed by atoms with Crippen molar-refractivity contribution in [3.63, 3.8) is 0 Å². The van der Waals surface area contributed by atoms with E-state index >= 15 is 0 Å². The molecule has 2 amide bonds. The Labute approximate surface area is 216 Å². The number of nitrogens with zero attached hydrogens (tertiary/aromatic N) is 1. The number of aliphatic carboxylic acids is 1. The van der Waals surface area contributed by atoms with Gasteiger partial charge in [-0.1, -0.05) is 64.9 Å². The van der Waals surface area contributed by atoms with Gasteiger partial charge in [-0.05, 0) is 59.3 Å². The Kier molecular flexibility index (Phi) is 6.56. The van der Waals surface area contributed by atoms with Gasteiger partial charge in [-0.25, -0.2) is 18.4 Å². The molecule has 0 aromatic heterocycles. The number of urea groups is 1. The number of fused-ring (bicyclic) bond motifs is 1. The minimum absolute atomic E-state index is 0.0379. The van der Waals surface area contributed by atoms with Crippen molar-refractivity contribution in [1.82, 2.24) is 10.2 Å². The van der Waals surface area contributed by atoms with Crippen molar-refractivity contribution >= 4 is 23.6 Å². The molecule has 196 valence electrons. The largest absolute Gasteiger partial charge is 0.478 e. The Morgan fingerprint density at radius 3 is 2.53 bits per heavy atom. The van der Waals surface area contributed by atoms with Gasteiger partial charge < -0.3 is 15.3 Å². The Bertz CT molecular complexity index is 1140. The first-order valence-corrected chi connectivity index (χ1v) is 12.9. The highest BCUT2D eigenvalue weighted by Crippen LogP contribution is 2.68. The molecular formula is C28H35ClF2N2O3. The number of hydrogen-bond acceptors (Lipinski definition) is 2. The molecule has 4 rings (SSSR count). The molecule has 8 heteroatoms. The van der Waals surface area contributed by atoms with Crippen molar-refractivity contribution in [3.8, 4) is 0 Å². The summed E-state index contributed by atoms with van der Waals surface area (Å²) in [6.07, 6.45) is 3.52. The molecule has 2 N–H and O–H groups in total. The standard InChI is InChI=1S/C28H35ClF2N2O3/c1-15-9-11-27(20(17(15)3)14-33(25(36)32-27)12-10-16(2)24(34)35)18-7-8-19(21(29)13-18)22-23(26(4,5)6)28(22,30)31/h7-8,13-15,17,22-23H,2,9-12H2,1,3-6H3,(H,32,36)(H,34,35)/t15-,17+,22?,23?,27?/m0/s1. The molecular weight excluding hydrogens is 486 g/mol. The lowest BCUT2D eigenvalue weighted by atomic mass is 9.64. The van der Waals surface area contributed by atoms with E-state index in [1.807, 2.05) is 33.0 Å². The maximum absolute atomic E-state index is 14.7. The maximum atomic E-state index is 14.7. The highest BCUT2D eigenvalue weighted by Gasteiger charge is 2.72. The number of nitrogens with one attached hydrogen (secondary N) is 1. The van der Waals surface area contributed by atoms with Crippen molar-refractivity contribution in [2.24, 2.45) is 23.2 Å². The molecule has 1 aliphatic heterocycles. The van der Waals surface area contributed by atoms with Gasteiger partial charge in [0.15, 0.2) is 0 Å². The Balaban J connectivity index is 1.70. The summed E-state index contributed by atoms with van der Waals surface area (Å²) in [5.74, 6) is -5.07. The number of alkyl halides is 2. The topological polar surface area (TPSA) is 69.6 Å². The molecule has 0 saturated heterocycles. The normalized spacial score (nSPS) is 31.3. The zero-order valence-corrected chi connectivity index (χ0v) is 22.3. The SMILES string of the molecule is C=C(CCN1C=C2[C@H](C)[C@@H](C)CCC2(c2ccc(C3C(C(C)(C)C)C3(F)F)c(Cl)c2)NC1=O)C(=O)O. The van der Waals surface area contributed by atoms with Crippen molar-refractivity contribution < 1.29 is 23.5 Å². The van der Waals surface area contributed by atoms with Crippen LogP contribution in [-0.2, 0) is 10.3 Å². The summed E-state index contributed by atoms with van der Waals surface area (Å²) in [4.78, 5) is 25.8. The lowest BCUT2D eigenvalue weighted by molar-refractivity contribution is -0.132. The van der Waals surface area contributed by atoms with Gasteiger partial charge in [0.1, 0.15) is 0 Å². The fraction of sp³-hybridized carbons (Fsp3) is 0.571. The van der Waals surface area contributed by atoms with Gasteiger partial charge in [-0.2, -0.15) is 0 Å². The van der Waals surface area contributed by atoms with E-state index in [4.69, 9.17) is 16.7 Å². The first kappa shape index (κ1) is 26.6. The average molecular weight is 521 g/mol. The zero-order chi connectivity index (χ0) is 26.8. The molecule has 3 aliphatic rings. The van der Waals surface area contributed by atoms with Crippen LogP contribution in [-0.4, -0.2) is 34.5 Å². The van der Waals surface area contributed by atoms with Crippen LogP contribution in [0.4, 0.5) is 13.6 Å². The minimum Gasteiger partial charge on any atom is -0.478 e. The molecule has 5 nitrogen and oxygen atoms in total. The first-order valence-electron chi connectivity index (χ1n) is 12.5. The van der Waals surface area contributed by atoms with Gasteiger partial charge >= 0.3 is 12.0 Å². The van der Waals surface area contributed by atoms with Crippen molar-refractivity contribution in [2.45, 2.75) is 71.3 Å². The van der Waals surface area contributed by atoms with Crippen molar-refractivity contribution in [3.05, 3.63) is 58.3 Å². The summed E-state index contributed by atoms with van der Waals surface area (Å²) in [5, 5.41) is 12.6. The molecule has 1 aromatic rings. The fourth-order valence-corrected chi connectivity index (χ4v) is 6.42. The van der Waals surface area contributed by atoms with Crippen LogP contribution in [0.1, 0.15) is 70.9 Å². The van der Waals surface area contributed by atoms with E-state index in [1.165, 1.54) is 4.90 Å². The Morgan fingerprint density at radius 2 is 1.97 bits per heavy atom. The van der Waals surface area contributed by atoms with Gasteiger partial charge in [0, 0.05) is 29.3 Å². The van der Waals surface area contributed by atoms with E-state index in [2.05, 4.69) is 25.7 Å². The number of rotatable bonds is 6. The third-order valence-corrected chi connectivity index (χ3v) is 8.79. The second-order valence-electron chi connectivity index (χ2n) is 11.8. The summed E-state index contributed by atoms with van der Waals surface area (Å²) in [5.41, 5.74) is 0.930. The van der Waals surface area contributed by atoms with Crippen LogP contribution in [0.25, 0.3) is 0 Å². The van der Waals surface area contributed by atoms with Crippen molar-refractivity contribution in [2.75, 3.05) is 6.54 Å². The molecule has 5 atom stereocenters. The van der Waals surface area contributed by atoms with Gasteiger partial charge in [-0.15, -0.1) is 0 Å².